The molecule has 1 atom stereocenters. The summed E-state index contributed by atoms with van der Waals surface area (Å²) in [6.45, 7) is 10.4. The number of likely N-dealkylation sites (N-methyl/N-ethyl adjacent to an activating group) is 2. The molecule has 0 amide bonds. The highest BCUT2D eigenvalue weighted by Crippen LogP contribution is 2.28. The molecule has 0 spiro atoms. The van der Waals surface area contributed by atoms with Gasteiger partial charge in [0.05, 0.1) is 11.4 Å². The highest BCUT2D eigenvalue weighted by Gasteiger charge is 2.26. The molecule has 1 fully saturated rings. The van der Waals surface area contributed by atoms with Crippen molar-refractivity contribution < 1.29 is 9.26 Å². The summed E-state index contributed by atoms with van der Waals surface area (Å²) in [7, 11) is 0. The lowest BCUT2D eigenvalue weighted by molar-refractivity contribution is 0.0510. The van der Waals surface area contributed by atoms with Gasteiger partial charge in [-0.2, -0.15) is 0 Å². The van der Waals surface area contributed by atoms with Crippen molar-refractivity contribution in [3.05, 3.63) is 23.2 Å². The van der Waals surface area contributed by atoms with Gasteiger partial charge in [-0.25, -0.2) is 0 Å². The smallest absolute Gasteiger partial charge is 0.262 e. The van der Waals surface area contributed by atoms with Crippen molar-refractivity contribution in [3.8, 4) is 5.88 Å². The van der Waals surface area contributed by atoms with Gasteiger partial charge >= 0.3 is 0 Å². The number of hydrogen-bond acceptors (Lipinski definition) is 5. The van der Waals surface area contributed by atoms with E-state index in [1.54, 1.807) is 6.07 Å². The fourth-order valence-corrected chi connectivity index (χ4v) is 3.16. The first kappa shape index (κ1) is 15.6. The summed E-state index contributed by atoms with van der Waals surface area (Å²) in [5.41, 5.74) is 0.700. The first-order chi connectivity index (χ1) is 10.7. The van der Waals surface area contributed by atoms with Gasteiger partial charge < -0.3 is 14.2 Å². The number of benzene rings is 1. The van der Waals surface area contributed by atoms with Gasteiger partial charge in [-0.05, 0) is 36.4 Å². The zero-order chi connectivity index (χ0) is 15.5. The molecule has 0 saturated carbocycles. The van der Waals surface area contributed by atoms with E-state index in [2.05, 4.69) is 28.8 Å². The highest BCUT2D eigenvalue weighted by atomic mass is 35.5. The number of piperazine rings is 1. The Balaban J connectivity index is 1.70. The molecule has 6 heteroatoms. The van der Waals surface area contributed by atoms with Crippen LogP contribution in [0.5, 0.6) is 5.88 Å². The van der Waals surface area contributed by atoms with Crippen LogP contribution in [0, 0.1) is 0 Å². The summed E-state index contributed by atoms with van der Waals surface area (Å²) in [5.74, 6) is 0.530. The maximum absolute atomic E-state index is 6.04. The second kappa shape index (κ2) is 6.86. The number of halogens is 1. The minimum absolute atomic E-state index is 0.379. The molecule has 120 valence electrons. The summed E-state index contributed by atoms with van der Waals surface area (Å²) < 4.78 is 11.2. The molecule has 3 rings (SSSR count). The third-order valence-corrected chi connectivity index (χ3v) is 4.59. The molecule has 22 heavy (non-hydrogen) atoms. The molecule has 5 nitrogen and oxygen atoms in total. The van der Waals surface area contributed by atoms with Gasteiger partial charge in [-0.1, -0.05) is 25.4 Å². The van der Waals surface area contributed by atoms with Crippen molar-refractivity contribution >= 4 is 22.6 Å². The molecule has 2 heterocycles. The third kappa shape index (κ3) is 3.21. The van der Waals surface area contributed by atoms with Crippen LogP contribution in [-0.2, 0) is 0 Å². The third-order valence-electron chi connectivity index (χ3n) is 4.35. The molecule has 0 aliphatic carbocycles. The SMILES string of the molecule is CCN1CCN(CC)C(COc2noc3ccc(Cl)cc23)C1. The molecule has 0 bridgehead atoms. The van der Waals surface area contributed by atoms with Gasteiger partial charge in [0, 0.05) is 24.7 Å². The Kier molecular flexibility index (Phi) is 4.86. The predicted octanol–water partition coefficient (Wildman–Crippen LogP) is 2.89. The Morgan fingerprint density at radius 1 is 1.32 bits per heavy atom. The second-order valence-electron chi connectivity index (χ2n) is 5.61. The van der Waals surface area contributed by atoms with E-state index in [1.807, 2.05) is 12.1 Å². The molecule has 0 N–H and O–H groups in total. The van der Waals surface area contributed by atoms with Crippen LogP contribution in [0.4, 0.5) is 0 Å². The van der Waals surface area contributed by atoms with E-state index in [9.17, 15) is 0 Å². The highest BCUT2D eigenvalue weighted by molar-refractivity contribution is 6.31. The van der Waals surface area contributed by atoms with E-state index in [-0.39, 0.29) is 0 Å². The summed E-state index contributed by atoms with van der Waals surface area (Å²) >= 11 is 6.04. The van der Waals surface area contributed by atoms with Crippen molar-refractivity contribution in [3.63, 3.8) is 0 Å². The Hall–Kier alpha value is -1.30. The number of fused-ring (bicyclic) bond motifs is 1. The maximum atomic E-state index is 6.04. The van der Waals surface area contributed by atoms with Crippen LogP contribution in [0.1, 0.15) is 13.8 Å². The van der Waals surface area contributed by atoms with E-state index in [0.717, 1.165) is 38.1 Å². The van der Waals surface area contributed by atoms with E-state index in [4.69, 9.17) is 20.9 Å². The molecule has 1 aromatic heterocycles. The summed E-state index contributed by atoms with van der Waals surface area (Å²) in [5, 5.41) is 5.51. The molecule has 1 unspecified atom stereocenters. The lowest BCUT2D eigenvalue weighted by Crippen LogP contribution is -2.55. The molecular weight excluding hydrogens is 302 g/mol. The van der Waals surface area contributed by atoms with Crippen LogP contribution >= 0.6 is 11.6 Å². The van der Waals surface area contributed by atoms with Crippen LogP contribution in [0.3, 0.4) is 0 Å². The van der Waals surface area contributed by atoms with Crippen molar-refractivity contribution in [2.75, 3.05) is 39.3 Å². The lowest BCUT2D eigenvalue weighted by Gasteiger charge is -2.40. The first-order valence-corrected chi connectivity index (χ1v) is 8.23. The van der Waals surface area contributed by atoms with Gasteiger partial charge in [0.15, 0.2) is 5.58 Å². The number of ether oxygens (including phenoxy) is 1. The lowest BCUT2D eigenvalue weighted by atomic mass is 10.2. The molecule has 1 aliphatic rings. The van der Waals surface area contributed by atoms with Gasteiger partial charge in [0.1, 0.15) is 6.61 Å². The summed E-state index contributed by atoms with van der Waals surface area (Å²) in [6, 6.07) is 5.82. The van der Waals surface area contributed by atoms with Crippen LogP contribution in [0.15, 0.2) is 22.7 Å². The quantitative estimate of drug-likeness (QED) is 0.846. The standard InChI is InChI=1S/C16H22ClN3O2/c1-3-19-7-8-20(4-2)13(10-19)11-21-16-14-9-12(17)5-6-15(14)22-18-16/h5-6,9,13H,3-4,7-8,10-11H2,1-2H3. The second-order valence-corrected chi connectivity index (χ2v) is 6.05. The largest absolute Gasteiger partial charge is 0.473 e. The molecule has 0 radical (unpaired) electrons. The summed E-state index contributed by atoms with van der Waals surface area (Å²) in [6.07, 6.45) is 0. The van der Waals surface area contributed by atoms with Crippen molar-refractivity contribution in [2.45, 2.75) is 19.9 Å². The summed E-state index contributed by atoms with van der Waals surface area (Å²) in [4.78, 5) is 4.92. The fourth-order valence-electron chi connectivity index (χ4n) is 2.99. The number of rotatable bonds is 5. The fraction of sp³-hybridized carbons (Fsp3) is 0.562. The Morgan fingerprint density at radius 3 is 2.95 bits per heavy atom. The van der Waals surface area contributed by atoms with E-state index in [1.165, 1.54) is 0 Å². The van der Waals surface area contributed by atoms with Gasteiger partial charge in [0.25, 0.3) is 5.88 Å². The maximum Gasteiger partial charge on any atom is 0.262 e. The average molecular weight is 324 g/mol. The molecule has 1 aromatic carbocycles. The van der Waals surface area contributed by atoms with Gasteiger partial charge in [-0.15, -0.1) is 0 Å². The van der Waals surface area contributed by atoms with Crippen molar-refractivity contribution in [1.29, 1.82) is 0 Å². The molecule has 1 aliphatic heterocycles. The minimum atomic E-state index is 0.379. The van der Waals surface area contributed by atoms with Crippen LogP contribution in [-0.4, -0.2) is 60.3 Å². The predicted molar refractivity (Wildman–Crippen MR) is 87.7 cm³/mol. The van der Waals surface area contributed by atoms with Crippen LogP contribution in [0.25, 0.3) is 11.0 Å². The van der Waals surface area contributed by atoms with Gasteiger partial charge in [-0.3, -0.25) is 4.90 Å². The Bertz CT molecular complexity index is 631. The number of nitrogens with zero attached hydrogens (tertiary/aromatic N) is 3. The zero-order valence-electron chi connectivity index (χ0n) is 13.1. The molecule has 1 saturated heterocycles. The normalized spacial score (nSPS) is 20.6. The molecular formula is C16H22ClN3O2. The van der Waals surface area contributed by atoms with E-state index < -0.39 is 0 Å². The average Bonchev–Trinajstić information content (AvgIpc) is 2.94. The van der Waals surface area contributed by atoms with Crippen molar-refractivity contribution in [1.82, 2.24) is 15.0 Å². The Labute approximate surface area is 135 Å². The number of aromatic nitrogens is 1. The number of hydrogen-bond donors (Lipinski definition) is 0. The molecule has 2 aromatic rings. The topological polar surface area (TPSA) is 41.7 Å². The zero-order valence-corrected chi connectivity index (χ0v) is 13.8. The van der Waals surface area contributed by atoms with E-state index in [0.29, 0.717) is 29.1 Å². The Morgan fingerprint density at radius 2 is 2.18 bits per heavy atom. The van der Waals surface area contributed by atoms with E-state index >= 15 is 0 Å². The van der Waals surface area contributed by atoms with Crippen LogP contribution in [0.2, 0.25) is 5.02 Å². The van der Waals surface area contributed by atoms with Crippen LogP contribution < -0.4 is 4.74 Å². The minimum Gasteiger partial charge on any atom is -0.473 e. The van der Waals surface area contributed by atoms with Gasteiger partial charge in [0.2, 0.25) is 0 Å². The van der Waals surface area contributed by atoms with Crippen molar-refractivity contribution in [2.24, 2.45) is 0 Å². The monoisotopic (exact) mass is 323 g/mol. The first-order valence-electron chi connectivity index (χ1n) is 7.85.